The van der Waals surface area contributed by atoms with E-state index < -0.39 is 5.60 Å². The van der Waals surface area contributed by atoms with Crippen LogP contribution < -0.4 is 9.47 Å². The summed E-state index contributed by atoms with van der Waals surface area (Å²) in [6.45, 7) is 7.23. The van der Waals surface area contributed by atoms with Crippen LogP contribution in [-0.4, -0.2) is 31.1 Å². The highest BCUT2D eigenvalue weighted by Crippen LogP contribution is 2.31. The molecule has 1 aromatic carbocycles. The zero-order chi connectivity index (χ0) is 20.0. The second-order valence-corrected chi connectivity index (χ2v) is 8.95. The normalized spacial score (nSPS) is 25.8. The Hall–Kier alpha value is -1.75. The van der Waals surface area contributed by atoms with Gasteiger partial charge in [0.2, 0.25) is 0 Å². The van der Waals surface area contributed by atoms with Crippen LogP contribution in [0.1, 0.15) is 65.7 Å². The van der Waals surface area contributed by atoms with Crippen molar-refractivity contribution in [3.63, 3.8) is 0 Å². The summed E-state index contributed by atoms with van der Waals surface area (Å²) in [6.07, 6.45) is 6.88. The first-order valence-electron chi connectivity index (χ1n) is 10.6. The summed E-state index contributed by atoms with van der Waals surface area (Å²) >= 11 is 0. The smallest absolute Gasteiger partial charge is 0.309 e. The lowest BCUT2D eigenvalue weighted by Crippen LogP contribution is -2.31. The summed E-state index contributed by atoms with van der Waals surface area (Å²) in [5, 5.41) is 0. The number of rotatable bonds is 6. The van der Waals surface area contributed by atoms with E-state index in [0.29, 0.717) is 12.5 Å². The molecule has 0 spiro atoms. The SMILES string of the molecule is CC(C)(C)OC(=O)C1CCC(COc2ccc(OC3CCCCO3)cc2)CC1. The molecule has 1 aliphatic heterocycles. The Morgan fingerprint density at radius 1 is 1.00 bits per heavy atom. The fourth-order valence-electron chi connectivity index (χ4n) is 3.73. The Kier molecular flexibility index (Phi) is 7.22. The highest BCUT2D eigenvalue weighted by atomic mass is 16.7. The van der Waals surface area contributed by atoms with Gasteiger partial charge in [0.1, 0.15) is 17.1 Å². The van der Waals surface area contributed by atoms with E-state index in [4.69, 9.17) is 18.9 Å². The molecule has 5 heteroatoms. The van der Waals surface area contributed by atoms with Gasteiger partial charge in [-0.05, 0) is 89.5 Å². The molecule has 1 aliphatic carbocycles. The molecule has 3 rings (SSSR count). The van der Waals surface area contributed by atoms with Crippen LogP contribution in [-0.2, 0) is 14.3 Å². The van der Waals surface area contributed by atoms with Crippen molar-refractivity contribution in [2.45, 2.75) is 77.6 Å². The third-order valence-electron chi connectivity index (χ3n) is 5.30. The molecule has 5 nitrogen and oxygen atoms in total. The second-order valence-electron chi connectivity index (χ2n) is 8.95. The van der Waals surface area contributed by atoms with E-state index in [-0.39, 0.29) is 18.2 Å². The molecule has 0 radical (unpaired) electrons. The Morgan fingerprint density at radius 2 is 1.68 bits per heavy atom. The van der Waals surface area contributed by atoms with Gasteiger partial charge in [-0.1, -0.05) is 0 Å². The summed E-state index contributed by atoms with van der Waals surface area (Å²) in [5.74, 6) is 2.15. The highest BCUT2D eigenvalue weighted by molar-refractivity contribution is 5.72. The Labute approximate surface area is 168 Å². The summed E-state index contributed by atoms with van der Waals surface area (Å²) in [5.41, 5.74) is -0.407. The molecule has 0 bridgehead atoms. The zero-order valence-electron chi connectivity index (χ0n) is 17.4. The number of esters is 1. The maximum atomic E-state index is 12.2. The quantitative estimate of drug-likeness (QED) is 0.631. The van der Waals surface area contributed by atoms with Crippen LogP contribution in [0.3, 0.4) is 0 Å². The van der Waals surface area contributed by atoms with Crippen LogP contribution in [0, 0.1) is 11.8 Å². The maximum absolute atomic E-state index is 12.2. The van der Waals surface area contributed by atoms with Crippen LogP contribution in [0.25, 0.3) is 0 Å². The summed E-state index contributed by atoms with van der Waals surface area (Å²) in [7, 11) is 0. The van der Waals surface area contributed by atoms with E-state index in [0.717, 1.165) is 63.1 Å². The Bertz CT molecular complexity index is 605. The average molecular weight is 391 g/mol. The highest BCUT2D eigenvalue weighted by Gasteiger charge is 2.30. The van der Waals surface area contributed by atoms with Crippen LogP contribution in [0.5, 0.6) is 11.5 Å². The standard InChI is InChI=1S/C23H34O5/c1-23(2,3)28-22(24)18-9-7-17(8-10-18)16-26-19-11-13-20(14-12-19)27-21-6-4-5-15-25-21/h11-14,17-18,21H,4-10,15-16H2,1-3H3. The zero-order valence-corrected chi connectivity index (χ0v) is 17.4. The van der Waals surface area contributed by atoms with E-state index >= 15 is 0 Å². The van der Waals surface area contributed by atoms with E-state index in [2.05, 4.69) is 0 Å². The third-order valence-corrected chi connectivity index (χ3v) is 5.30. The van der Waals surface area contributed by atoms with Gasteiger partial charge in [-0.2, -0.15) is 0 Å². The van der Waals surface area contributed by atoms with Crippen molar-refractivity contribution in [2.75, 3.05) is 13.2 Å². The molecule has 156 valence electrons. The molecule has 0 N–H and O–H groups in total. The van der Waals surface area contributed by atoms with Gasteiger partial charge >= 0.3 is 5.97 Å². The molecule has 0 aromatic heterocycles. The molecule has 28 heavy (non-hydrogen) atoms. The molecule has 1 heterocycles. The topological polar surface area (TPSA) is 54.0 Å². The lowest BCUT2D eigenvalue weighted by atomic mass is 9.82. The van der Waals surface area contributed by atoms with E-state index in [9.17, 15) is 4.79 Å². The molecule has 1 aromatic rings. The Balaban J connectivity index is 1.37. The van der Waals surface area contributed by atoms with E-state index in [1.54, 1.807) is 0 Å². The van der Waals surface area contributed by atoms with Gasteiger partial charge < -0.3 is 18.9 Å². The largest absolute Gasteiger partial charge is 0.493 e. The number of hydrogen-bond donors (Lipinski definition) is 0. The van der Waals surface area contributed by atoms with Crippen molar-refractivity contribution in [3.8, 4) is 11.5 Å². The van der Waals surface area contributed by atoms with Gasteiger partial charge in [-0.15, -0.1) is 0 Å². The minimum atomic E-state index is -0.407. The maximum Gasteiger partial charge on any atom is 0.309 e. The number of hydrogen-bond acceptors (Lipinski definition) is 5. The van der Waals surface area contributed by atoms with Crippen LogP contribution >= 0.6 is 0 Å². The van der Waals surface area contributed by atoms with Crippen molar-refractivity contribution >= 4 is 5.97 Å². The lowest BCUT2D eigenvalue weighted by molar-refractivity contribution is -0.161. The first-order chi connectivity index (χ1) is 13.4. The summed E-state index contributed by atoms with van der Waals surface area (Å²) < 4.78 is 22.9. The van der Waals surface area contributed by atoms with Crippen LogP contribution in [0.2, 0.25) is 0 Å². The fourth-order valence-corrected chi connectivity index (χ4v) is 3.73. The molecule has 1 unspecified atom stereocenters. The first-order valence-corrected chi connectivity index (χ1v) is 10.6. The second kappa shape index (κ2) is 9.64. The lowest BCUT2D eigenvalue weighted by Gasteiger charge is -2.29. The minimum absolute atomic E-state index is 0.0360. The van der Waals surface area contributed by atoms with Gasteiger partial charge in [0, 0.05) is 6.42 Å². The van der Waals surface area contributed by atoms with Crippen molar-refractivity contribution in [1.29, 1.82) is 0 Å². The first kappa shape index (κ1) is 21.0. The van der Waals surface area contributed by atoms with Crippen LogP contribution in [0.4, 0.5) is 0 Å². The molecule has 2 aliphatic rings. The van der Waals surface area contributed by atoms with Crippen LogP contribution in [0.15, 0.2) is 24.3 Å². The predicted molar refractivity (Wildman–Crippen MR) is 107 cm³/mol. The molecule has 0 amide bonds. The van der Waals surface area contributed by atoms with Crippen molar-refractivity contribution in [3.05, 3.63) is 24.3 Å². The molecule has 1 atom stereocenters. The average Bonchev–Trinajstić information content (AvgIpc) is 2.67. The fraction of sp³-hybridized carbons (Fsp3) is 0.696. The third kappa shape index (κ3) is 6.69. The van der Waals surface area contributed by atoms with E-state index in [1.165, 1.54) is 0 Å². The number of carbonyl (C=O) groups is 1. The predicted octanol–water partition coefficient (Wildman–Crippen LogP) is 5.12. The molecule has 1 saturated heterocycles. The summed E-state index contributed by atoms with van der Waals surface area (Å²) in [6, 6.07) is 7.77. The monoisotopic (exact) mass is 390 g/mol. The van der Waals surface area contributed by atoms with Crippen molar-refractivity contribution in [1.82, 2.24) is 0 Å². The van der Waals surface area contributed by atoms with Gasteiger partial charge in [-0.25, -0.2) is 0 Å². The minimum Gasteiger partial charge on any atom is -0.493 e. The molecule has 2 fully saturated rings. The number of ether oxygens (including phenoxy) is 4. The van der Waals surface area contributed by atoms with Gasteiger partial charge in [0.05, 0.1) is 19.1 Å². The van der Waals surface area contributed by atoms with E-state index in [1.807, 2.05) is 45.0 Å². The number of benzene rings is 1. The molecular formula is C23H34O5. The van der Waals surface area contributed by atoms with Crippen molar-refractivity contribution in [2.24, 2.45) is 11.8 Å². The van der Waals surface area contributed by atoms with Gasteiger partial charge in [-0.3, -0.25) is 4.79 Å². The molecular weight excluding hydrogens is 356 g/mol. The van der Waals surface area contributed by atoms with Crippen molar-refractivity contribution < 1.29 is 23.7 Å². The van der Waals surface area contributed by atoms with Gasteiger partial charge in [0.25, 0.3) is 0 Å². The summed E-state index contributed by atoms with van der Waals surface area (Å²) in [4.78, 5) is 12.2. The molecule has 1 saturated carbocycles. The Morgan fingerprint density at radius 3 is 2.29 bits per heavy atom. The number of carbonyl (C=O) groups excluding carboxylic acids is 1. The van der Waals surface area contributed by atoms with Gasteiger partial charge in [0.15, 0.2) is 6.29 Å².